The van der Waals surface area contributed by atoms with Crippen LogP contribution in [0.1, 0.15) is 12.5 Å². The third-order valence-corrected chi connectivity index (χ3v) is 4.80. The van der Waals surface area contributed by atoms with Gasteiger partial charge in [0.25, 0.3) is 5.56 Å². The van der Waals surface area contributed by atoms with Crippen molar-refractivity contribution in [2.75, 3.05) is 4.90 Å². The number of aromatic nitrogens is 2. The van der Waals surface area contributed by atoms with Crippen molar-refractivity contribution in [2.24, 2.45) is 0 Å². The largest absolute Gasteiger partial charge is 0.307 e. The van der Waals surface area contributed by atoms with Gasteiger partial charge in [-0.2, -0.15) is 0 Å². The summed E-state index contributed by atoms with van der Waals surface area (Å²) in [4.78, 5) is 31.5. The molecule has 2 heterocycles. The lowest BCUT2D eigenvalue weighted by molar-refractivity contribution is -0.119. The highest BCUT2D eigenvalue weighted by Gasteiger charge is 2.30. The van der Waals surface area contributed by atoms with Gasteiger partial charge in [-0.15, -0.1) is 0 Å². The molecule has 1 aliphatic rings. The number of para-hydroxylation sites is 1. The van der Waals surface area contributed by atoms with E-state index in [1.807, 2.05) is 31.2 Å². The van der Waals surface area contributed by atoms with Crippen LogP contribution in [-0.4, -0.2) is 21.5 Å². The van der Waals surface area contributed by atoms with E-state index in [0.717, 1.165) is 17.7 Å². The maximum Gasteiger partial charge on any atom is 0.261 e. The molecule has 1 aromatic heterocycles. The van der Waals surface area contributed by atoms with Crippen LogP contribution in [0.3, 0.4) is 0 Å². The van der Waals surface area contributed by atoms with Crippen LogP contribution in [0.2, 0.25) is 5.02 Å². The van der Waals surface area contributed by atoms with Gasteiger partial charge in [0.15, 0.2) is 0 Å². The summed E-state index contributed by atoms with van der Waals surface area (Å²) < 4.78 is 1.35. The lowest BCUT2D eigenvalue weighted by Crippen LogP contribution is -2.40. The minimum Gasteiger partial charge on any atom is -0.307 e. The highest BCUT2D eigenvalue weighted by atomic mass is 35.5. The zero-order valence-electron chi connectivity index (χ0n) is 13.6. The Bertz CT molecular complexity index is 1040. The molecule has 0 bridgehead atoms. The molecule has 25 heavy (non-hydrogen) atoms. The van der Waals surface area contributed by atoms with Gasteiger partial charge in [-0.25, -0.2) is 4.98 Å². The van der Waals surface area contributed by atoms with E-state index in [1.165, 1.54) is 10.9 Å². The minimum absolute atomic E-state index is 0.0386. The summed E-state index contributed by atoms with van der Waals surface area (Å²) in [5, 5.41) is 0.977. The van der Waals surface area contributed by atoms with Gasteiger partial charge in [0, 0.05) is 16.8 Å². The first-order valence-corrected chi connectivity index (χ1v) is 8.47. The van der Waals surface area contributed by atoms with Gasteiger partial charge in [0.05, 0.1) is 17.2 Å². The van der Waals surface area contributed by atoms with Crippen molar-refractivity contribution < 1.29 is 4.79 Å². The predicted octanol–water partition coefficient (Wildman–Crippen LogP) is 3.03. The molecule has 4 rings (SSSR count). The number of halogens is 1. The number of nitrogens with zero attached hydrogens (tertiary/aromatic N) is 3. The molecule has 0 N–H and O–H groups in total. The summed E-state index contributed by atoms with van der Waals surface area (Å²) in [6.07, 6.45) is 2.23. The molecule has 0 fully saturated rings. The van der Waals surface area contributed by atoms with E-state index >= 15 is 0 Å². The molecular weight excluding hydrogens is 338 g/mol. The summed E-state index contributed by atoms with van der Waals surface area (Å²) >= 11 is 5.94. The monoisotopic (exact) mass is 353 g/mol. The van der Waals surface area contributed by atoms with Crippen molar-refractivity contribution in [1.29, 1.82) is 0 Å². The van der Waals surface area contributed by atoms with E-state index in [-0.39, 0.29) is 24.1 Å². The van der Waals surface area contributed by atoms with Crippen LogP contribution < -0.4 is 10.5 Å². The zero-order chi connectivity index (χ0) is 17.6. The molecule has 1 amide bonds. The normalized spacial score (nSPS) is 16.2. The number of hydrogen-bond donors (Lipinski definition) is 0. The van der Waals surface area contributed by atoms with Crippen LogP contribution in [0.15, 0.2) is 53.6 Å². The second kappa shape index (κ2) is 6.01. The third kappa shape index (κ3) is 2.70. The highest BCUT2D eigenvalue weighted by Crippen LogP contribution is 2.31. The fourth-order valence-corrected chi connectivity index (χ4v) is 3.58. The number of anilines is 1. The van der Waals surface area contributed by atoms with Crippen molar-refractivity contribution in [1.82, 2.24) is 9.55 Å². The number of carbonyl (C=O) groups is 1. The predicted molar refractivity (Wildman–Crippen MR) is 98.1 cm³/mol. The van der Waals surface area contributed by atoms with Crippen LogP contribution in [0.4, 0.5) is 5.69 Å². The van der Waals surface area contributed by atoms with Crippen LogP contribution in [0.25, 0.3) is 10.9 Å². The van der Waals surface area contributed by atoms with Crippen molar-refractivity contribution >= 4 is 34.1 Å². The summed E-state index contributed by atoms with van der Waals surface area (Å²) in [5.41, 5.74) is 2.37. The molecular formula is C19H16ClN3O2. The molecule has 0 saturated heterocycles. The molecule has 0 aliphatic carbocycles. The van der Waals surface area contributed by atoms with Crippen LogP contribution in [0.5, 0.6) is 0 Å². The van der Waals surface area contributed by atoms with E-state index in [1.54, 1.807) is 23.1 Å². The number of carbonyl (C=O) groups excluding carboxylic acids is 1. The Morgan fingerprint density at radius 3 is 2.92 bits per heavy atom. The average molecular weight is 354 g/mol. The summed E-state index contributed by atoms with van der Waals surface area (Å²) in [5.74, 6) is -0.116. The topological polar surface area (TPSA) is 55.2 Å². The van der Waals surface area contributed by atoms with Crippen molar-refractivity contribution in [3.63, 3.8) is 0 Å². The second-order valence-corrected chi connectivity index (χ2v) is 6.72. The Kier molecular flexibility index (Phi) is 3.81. The number of amides is 1. The second-order valence-electron chi connectivity index (χ2n) is 6.28. The molecule has 6 heteroatoms. The molecule has 2 aromatic carbocycles. The first kappa shape index (κ1) is 15.8. The van der Waals surface area contributed by atoms with Gasteiger partial charge in [-0.05, 0) is 43.2 Å². The third-order valence-electron chi connectivity index (χ3n) is 4.57. The van der Waals surface area contributed by atoms with Crippen LogP contribution in [0, 0.1) is 0 Å². The Labute approximate surface area is 149 Å². The number of benzene rings is 2. The fraction of sp³-hybridized carbons (Fsp3) is 0.211. The maximum absolute atomic E-state index is 12.8. The quantitative estimate of drug-likeness (QED) is 0.711. The van der Waals surface area contributed by atoms with E-state index in [0.29, 0.717) is 15.9 Å². The Hall–Kier alpha value is -2.66. The number of rotatable bonds is 2. The van der Waals surface area contributed by atoms with Gasteiger partial charge in [-0.1, -0.05) is 29.8 Å². The van der Waals surface area contributed by atoms with Gasteiger partial charge in [0.1, 0.15) is 6.54 Å². The molecule has 1 unspecified atom stereocenters. The van der Waals surface area contributed by atoms with E-state index in [4.69, 9.17) is 11.6 Å². The minimum atomic E-state index is -0.241. The van der Waals surface area contributed by atoms with Gasteiger partial charge < -0.3 is 4.90 Å². The average Bonchev–Trinajstić information content (AvgIpc) is 2.93. The standard InChI is InChI=1S/C19H16ClN3O2/c1-12-8-13-4-2-3-5-17(13)23(12)18(24)10-22-11-21-16-9-14(20)6-7-15(16)19(22)25/h2-7,9,11-12H,8,10H2,1H3. The molecule has 1 atom stereocenters. The van der Waals surface area contributed by atoms with E-state index in [9.17, 15) is 9.59 Å². The number of hydrogen-bond acceptors (Lipinski definition) is 3. The van der Waals surface area contributed by atoms with Gasteiger partial charge >= 0.3 is 0 Å². The highest BCUT2D eigenvalue weighted by molar-refractivity contribution is 6.31. The van der Waals surface area contributed by atoms with Crippen molar-refractivity contribution in [3.8, 4) is 0 Å². The zero-order valence-corrected chi connectivity index (χ0v) is 14.4. The molecule has 0 saturated carbocycles. The molecule has 1 aliphatic heterocycles. The first-order valence-electron chi connectivity index (χ1n) is 8.09. The van der Waals surface area contributed by atoms with Crippen molar-refractivity contribution in [3.05, 3.63) is 69.7 Å². The first-order chi connectivity index (χ1) is 12.0. The van der Waals surface area contributed by atoms with E-state index in [2.05, 4.69) is 4.98 Å². The van der Waals surface area contributed by atoms with Crippen molar-refractivity contribution in [2.45, 2.75) is 25.9 Å². The molecule has 126 valence electrons. The summed E-state index contributed by atoms with van der Waals surface area (Å²) in [6, 6.07) is 12.9. The Balaban J connectivity index is 1.68. The number of fused-ring (bicyclic) bond motifs is 2. The Morgan fingerprint density at radius 1 is 1.28 bits per heavy atom. The smallest absolute Gasteiger partial charge is 0.261 e. The lowest BCUT2D eigenvalue weighted by atomic mass is 10.1. The lowest BCUT2D eigenvalue weighted by Gasteiger charge is -2.23. The van der Waals surface area contributed by atoms with Crippen LogP contribution in [-0.2, 0) is 17.8 Å². The SMILES string of the molecule is CC1Cc2ccccc2N1C(=O)Cn1cnc2cc(Cl)ccc2c1=O. The van der Waals surface area contributed by atoms with Gasteiger partial charge in [0.2, 0.25) is 5.91 Å². The molecule has 3 aromatic rings. The summed E-state index contributed by atoms with van der Waals surface area (Å²) in [7, 11) is 0. The maximum atomic E-state index is 12.8. The fourth-order valence-electron chi connectivity index (χ4n) is 3.41. The summed E-state index contributed by atoms with van der Waals surface area (Å²) in [6.45, 7) is 1.98. The molecule has 0 spiro atoms. The Morgan fingerprint density at radius 2 is 2.08 bits per heavy atom. The van der Waals surface area contributed by atoms with E-state index < -0.39 is 0 Å². The van der Waals surface area contributed by atoms with Gasteiger partial charge in [-0.3, -0.25) is 14.2 Å². The molecule has 5 nitrogen and oxygen atoms in total. The van der Waals surface area contributed by atoms with Crippen LogP contribution >= 0.6 is 11.6 Å². The molecule has 0 radical (unpaired) electrons.